The van der Waals surface area contributed by atoms with E-state index in [-0.39, 0.29) is 0 Å². The Bertz CT molecular complexity index is 206. The van der Waals surface area contributed by atoms with Crippen LogP contribution in [0.4, 0.5) is 13.2 Å². The minimum atomic E-state index is -4.53. The summed E-state index contributed by atoms with van der Waals surface area (Å²) in [5.41, 5.74) is 0. The van der Waals surface area contributed by atoms with Gasteiger partial charge in [-0.2, -0.15) is 18.4 Å². The third-order valence-corrected chi connectivity index (χ3v) is 1.16. The van der Waals surface area contributed by atoms with E-state index in [0.717, 1.165) is 0 Å². The highest BCUT2D eigenvalue weighted by Gasteiger charge is 2.35. The van der Waals surface area contributed by atoms with Crippen molar-refractivity contribution in [3.63, 3.8) is 0 Å². The van der Waals surface area contributed by atoms with Crippen LogP contribution in [0.25, 0.3) is 0 Å². The predicted molar refractivity (Wildman–Crippen MR) is 32.0 cm³/mol. The van der Waals surface area contributed by atoms with Crippen molar-refractivity contribution >= 4 is 5.97 Å². The maximum atomic E-state index is 11.6. The number of hydrogen-bond donors (Lipinski definition) is 1. The third-order valence-electron chi connectivity index (χ3n) is 1.16. The van der Waals surface area contributed by atoms with Crippen LogP contribution in [0.1, 0.15) is 12.8 Å². The molecule has 0 spiro atoms. The van der Waals surface area contributed by atoms with Gasteiger partial charge in [-0.15, -0.1) is 0 Å². The molecule has 0 saturated heterocycles. The lowest BCUT2D eigenvalue weighted by atomic mass is 10.0. The van der Waals surface area contributed by atoms with Crippen LogP contribution >= 0.6 is 0 Å². The van der Waals surface area contributed by atoms with E-state index < -0.39 is 30.9 Å². The topological polar surface area (TPSA) is 61.1 Å². The highest BCUT2D eigenvalue weighted by Crippen LogP contribution is 2.26. The van der Waals surface area contributed by atoms with Crippen molar-refractivity contribution in [2.45, 2.75) is 19.0 Å². The Labute approximate surface area is 66.4 Å². The number of carboxylic acids is 1. The van der Waals surface area contributed by atoms with Gasteiger partial charge in [0, 0.05) is 6.42 Å². The van der Waals surface area contributed by atoms with Crippen molar-refractivity contribution in [1.82, 2.24) is 0 Å². The van der Waals surface area contributed by atoms with Gasteiger partial charge in [-0.05, 0) is 0 Å². The van der Waals surface area contributed by atoms with Gasteiger partial charge in [0.25, 0.3) is 0 Å². The van der Waals surface area contributed by atoms with Gasteiger partial charge in [-0.1, -0.05) is 0 Å². The molecule has 0 heterocycles. The van der Waals surface area contributed by atoms with Crippen LogP contribution in [0.2, 0.25) is 0 Å². The molecule has 0 aromatic rings. The van der Waals surface area contributed by atoms with Crippen LogP contribution in [0.3, 0.4) is 0 Å². The fourth-order valence-electron chi connectivity index (χ4n) is 0.636. The van der Waals surface area contributed by atoms with Crippen LogP contribution < -0.4 is 0 Å². The summed E-state index contributed by atoms with van der Waals surface area (Å²) in [5, 5.41) is 16.2. The second-order valence-electron chi connectivity index (χ2n) is 2.22. The molecule has 0 saturated carbocycles. The van der Waals surface area contributed by atoms with Crippen molar-refractivity contribution in [2.75, 3.05) is 0 Å². The van der Waals surface area contributed by atoms with Gasteiger partial charge in [0.15, 0.2) is 0 Å². The second kappa shape index (κ2) is 3.95. The molecule has 0 aliphatic rings. The summed E-state index contributed by atoms with van der Waals surface area (Å²) < 4.78 is 34.8. The highest BCUT2D eigenvalue weighted by atomic mass is 19.4. The first-order valence-corrected chi connectivity index (χ1v) is 3.03. The lowest BCUT2D eigenvalue weighted by molar-refractivity contribution is -0.163. The number of rotatable bonds is 3. The Morgan fingerprint density at radius 1 is 1.58 bits per heavy atom. The van der Waals surface area contributed by atoms with E-state index in [1.54, 1.807) is 0 Å². The summed E-state index contributed by atoms with van der Waals surface area (Å²) >= 11 is 0. The zero-order chi connectivity index (χ0) is 9.78. The Morgan fingerprint density at radius 3 is 2.33 bits per heavy atom. The molecule has 0 aliphatic carbocycles. The smallest absolute Gasteiger partial charge is 0.389 e. The zero-order valence-corrected chi connectivity index (χ0v) is 5.93. The molecular weight excluding hydrogens is 175 g/mol. The third kappa shape index (κ3) is 4.55. The molecule has 0 aromatic carbocycles. The van der Waals surface area contributed by atoms with E-state index in [1.165, 1.54) is 6.07 Å². The summed E-state index contributed by atoms with van der Waals surface area (Å²) in [6, 6.07) is 1.39. The van der Waals surface area contributed by atoms with Crippen molar-refractivity contribution < 1.29 is 23.1 Å². The predicted octanol–water partition coefficient (Wildman–Crippen LogP) is 1.55. The number of carboxylic acid groups (broad SMARTS) is 1. The van der Waals surface area contributed by atoms with Crippen LogP contribution in [0, 0.1) is 17.2 Å². The second-order valence-corrected chi connectivity index (χ2v) is 2.22. The molecule has 68 valence electrons. The highest BCUT2D eigenvalue weighted by molar-refractivity contribution is 5.70. The quantitative estimate of drug-likeness (QED) is 0.718. The zero-order valence-electron chi connectivity index (χ0n) is 5.93. The monoisotopic (exact) mass is 181 g/mol. The van der Waals surface area contributed by atoms with Gasteiger partial charge in [0.05, 0.1) is 18.4 Å². The van der Waals surface area contributed by atoms with Crippen LogP contribution in [-0.2, 0) is 4.79 Å². The lowest BCUT2D eigenvalue weighted by Crippen LogP contribution is -2.21. The molecule has 0 unspecified atom stereocenters. The average molecular weight is 181 g/mol. The van der Waals surface area contributed by atoms with Gasteiger partial charge in [-0.3, -0.25) is 4.79 Å². The summed E-state index contributed by atoms with van der Waals surface area (Å²) in [6.45, 7) is 0. The molecule has 0 amide bonds. The molecule has 0 aromatic heterocycles. The Balaban J connectivity index is 4.16. The summed E-state index contributed by atoms with van der Waals surface area (Å²) in [7, 11) is 0. The molecular formula is C6H6F3NO2. The maximum Gasteiger partial charge on any atom is 0.389 e. The van der Waals surface area contributed by atoms with Crippen molar-refractivity contribution in [3.05, 3.63) is 0 Å². The molecule has 0 radical (unpaired) electrons. The van der Waals surface area contributed by atoms with E-state index in [0.29, 0.717) is 0 Å². The number of aliphatic carboxylic acids is 1. The largest absolute Gasteiger partial charge is 0.481 e. The first-order chi connectivity index (χ1) is 5.37. The Kier molecular flexibility index (Phi) is 3.54. The van der Waals surface area contributed by atoms with Crippen LogP contribution in [0.15, 0.2) is 0 Å². The minimum Gasteiger partial charge on any atom is -0.481 e. The van der Waals surface area contributed by atoms with Crippen LogP contribution in [0.5, 0.6) is 0 Å². The first-order valence-electron chi connectivity index (χ1n) is 3.03. The molecule has 6 heteroatoms. The van der Waals surface area contributed by atoms with Crippen LogP contribution in [-0.4, -0.2) is 17.3 Å². The van der Waals surface area contributed by atoms with Crippen molar-refractivity contribution in [3.8, 4) is 6.07 Å². The van der Waals surface area contributed by atoms with E-state index in [1.807, 2.05) is 0 Å². The molecule has 1 atom stereocenters. The summed E-state index contributed by atoms with van der Waals surface area (Å²) in [5.74, 6) is -3.23. The summed E-state index contributed by atoms with van der Waals surface area (Å²) in [4.78, 5) is 10.1. The normalized spacial score (nSPS) is 13.5. The van der Waals surface area contributed by atoms with Crippen molar-refractivity contribution in [1.29, 1.82) is 5.26 Å². The standard InChI is InChI=1S/C6H6F3NO2/c7-6(8,9)3-4(1-2-10)5(11)12/h4H,1,3H2,(H,11,12)/t4-/m1/s1. The molecule has 12 heavy (non-hydrogen) atoms. The molecule has 0 fully saturated rings. The van der Waals surface area contributed by atoms with E-state index in [4.69, 9.17) is 10.4 Å². The van der Waals surface area contributed by atoms with E-state index in [9.17, 15) is 18.0 Å². The number of halogens is 3. The number of nitrogens with zero attached hydrogens (tertiary/aromatic N) is 1. The van der Waals surface area contributed by atoms with Gasteiger partial charge in [-0.25, -0.2) is 0 Å². The SMILES string of the molecule is N#CC[C@H](CC(F)(F)F)C(=O)O. The molecule has 1 N–H and O–H groups in total. The summed E-state index contributed by atoms with van der Waals surface area (Å²) in [6.07, 6.45) is -6.59. The van der Waals surface area contributed by atoms with E-state index in [2.05, 4.69) is 0 Å². The number of alkyl halides is 3. The van der Waals surface area contributed by atoms with Gasteiger partial charge in [0.1, 0.15) is 0 Å². The fraction of sp³-hybridized carbons (Fsp3) is 0.667. The Hall–Kier alpha value is -1.25. The van der Waals surface area contributed by atoms with Gasteiger partial charge < -0.3 is 5.11 Å². The molecule has 0 bridgehead atoms. The maximum absolute atomic E-state index is 11.6. The molecule has 0 rings (SSSR count). The van der Waals surface area contributed by atoms with Gasteiger partial charge in [0.2, 0.25) is 0 Å². The number of carbonyl (C=O) groups is 1. The lowest BCUT2D eigenvalue weighted by Gasteiger charge is -2.10. The average Bonchev–Trinajstić information content (AvgIpc) is 1.83. The minimum absolute atomic E-state index is 0.616. The van der Waals surface area contributed by atoms with Crippen molar-refractivity contribution in [2.24, 2.45) is 5.92 Å². The molecule has 0 aliphatic heterocycles. The van der Waals surface area contributed by atoms with Gasteiger partial charge >= 0.3 is 12.1 Å². The fourth-order valence-corrected chi connectivity index (χ4v) is 0.636. The number of hydrogen-bond acceptors (Lipinski definition) is 2. The Morgan fingerprint density at radius 2 is 2.08 bits per heavy atom. The molecule has 3 nitrogen and oxygen atoms in total. The van der Waals surface area contributed by atoms with E-state index >= 15 is 0 Å². The number of nitriles is 1. The first kappa shape index (κ1) is 10.8.